The van der Waals surface area contributed by atoms with Crippen molar-refractivity contribution in [3.05, 3.63) is 35.9 Å². The zero-order valence-electron chi connectivity index (χ0n) is 9.19. The Morgan fingerprint density at radius 2 is 2.27 bits per heavy atom. The number of nitrogens with zero attached hydrogens (tertiary/aromatic N) is 2. The lowest BCUT2D eigenvalue weighted by molar-refractivity contribution is 0.486. The number of anilines is 1. The van der Waals surface area contributed by atoms with Gasteiger partial charge in [0.25, 0.3) is 0 Å². The van der Waals surface area contributed by atoms with Crippen molar-refractivity contribution in [2.24, 2.45) is 7.05 Å². The topological polar surface area (TPSA) is 43.0 Å². The summed E-state index contributed by atoms with van der Waals surface area (Å²) >= 11 is 0. The maximum Gasteiger partial charge on any atom is 0.128 e. The van der Waals surface area contributed by atoms with Crippen molar-refractivity contribution in [3.8, 4) is 0 Å². The fourth-order valence-electron chi connectivity index (χ4n) is 1.63. The van der Waals surface area contributed by atoms with Gasteiger partial charge in [0.2, 0.25) is 0 Å². The van der Waals surface area contributed by atoms with Crippen LogP contribution in [0, 0.1) is 6.92 Å². The van der Waals surface area contributed by atoms with E-state index < -0.39 is 0 Å². The van der Waals surface area contributed by atoms with Crippen LogP contribution in [0.3, 0.4) is 0 Å². The first kappa shape index (κ1) is 9.83. The SMILES string of the molecule is Cc1ccoc1C(C)Nc1ccnn1C. The van der Waals surface area contributed by atoms with E-state index in [1.165, 1.54) is 0 Å². The second-order valence-electron chi connectivity index (χ2n) is 3.67. The lowest BCUT2D eigenvalue weighted by atomic mass is 10.2. The van der Waals surface area contributed by atoms with Gasteiger partial charge in [0.15, 0.2) is 0 Å². The van der Waals surface area contributed by atoms with Gasteiger partial charge in [-0.15, -0.1) is 0 Å². The van der Waals surface area contributed by atoms with Crippen LogP contribution >= 0.6 is 0 Å². The molecule has 0 fully saturated rings. The normalized spacial score (nSPS) is 12.7. The van der Waals surface area contributed by atoms with Crippen LogP contribution in [0.1, 0.15) is 24.3 Å². The van der Waals surface area contributed by atoms with Crippen molar-refractivity contribution < 1.29 is 4.42 Å². The Balaban J connectivity index is 2.14. The van der Waals surface area contributed by atoms with E-state index in [1.807, 2.05) is 26.1 Å². The molecule has 2 heterocycles. The largest absolute Gasteiger partial charge is 0.467 e. The van der Waals surface area contributed by atoms with Crippen LogP contribution < -0.4 is 5.32 Å². The summed E-state index contributed by atoms with van der Waals surface area (Å²) in [5.74, 6) is 1.95. The molecule has 4 heteroatoms. The summed E-state index contributed by atoms with van der Waals surface area (Å²) < 4.78 is 7.22. The number of furan rings is 1. The van der Waals surface area contributed by atoms with E-state index in [2.05, 4.69) is 17.3 Å². The predicted octanol–water partition coefficient (Wildman–Crippen LogP) is 2.49. The fraction of sp³-hybridized carbons (Fsp3) is 0.364. The molecule has 2 aromatic heterocycles. The molecule has 0 amide bonds. The van der Waals surface area contributed by atoms with Gasteiger partial charge in [-0.2, -0.15) is 5.10 Å². The number of hydrogen-bond acceptors (Lipinski definition) is 3. The van der Waals surface area contributed by atoms with Crippen LogP contribution in [0.5, 0.6) is 0 Å². The van der Waals surface area contributed by atoms with Crippen molar-refractivity contribution in [1.29, 1.82) is 0 Å². The number of aryl methyl sites for hydroxylation is 2. The molecule has 15 heavy (non-hydrogen) atoms. The van der Waals surface area contributed by atoms with Crippen molar-refractivity contribution in [1.82, 2.24) is 9.78 Å². The van der Waals surface area contributed by atoms with Crippen LogP contribution in [0.4, 0.5) is 5.82 Å². The Bertz CT molecular complexity index is 444. The molecule has 0 aromatic carbocycles. The van der Waals surface area contributed by atoms with E-state index in [9.17, 15) is 0 Å². The minimum atomic E-state index is 0.149. The average molecular weight is 205 g/mol. The van der Waals surface area contributed by atoms with Gasteiger partial charge in [0.1, 0.15) is 11.6 Å². The van der Waals surface area contributed by atoms with Crippen molar-refractivity contribution in [2.75, 3.05) is 5.32 Å². The number of nitrogens with one attached hydrogen (secondary N) is 1. The average Bonchev–Trinajstić information content (AvgIpc) is 2.76. The van der Waals surface area contributed by atoms with Gasteiger partial charge in [0.05, 0.1) is 18.5 Å². The Kier molecular flexibility index (Phi) is 2.49. The van der Waals surface area contributed by atoms with E-state index in [0.29, 0.717) is 0 Å². The quantitative estimate of drug-likeness (QED) is 0.837. The second-order valence-corrected chi connectivity index (χ2v) is 3.67. The van der Waals surface area contributed by atoms with E-state index in [0.717, 1.165) is 17.1 Å². The van der Waals surface area contributed by atoms with Crippen molar-refractivity contribution in [2.45, 2.75) is 19.9 Å². The summed E-state index contributed by atoms with van der Waals surface area (Å²) in [6.45, 7) is 4.11. The summed E-state index contributed by atoms with van der Waals surface area (Å²) in [6.07, 6.45) is 3.48. The van der Waals surface area contributed by atoms with E-state index in [4.69, 9.17) is 4.42 Å². The van der Waals surface area contributed by atoms with Crippen LogP contribution in [-0.4, -0.2) is 9.78 Å². The highest BCUT2D eigenvalue weighted by Gasteiger charge is 2.12. The van der Waals surface area contributed by atoms with E-state index in [1.54, 1.807) is 17.1 Å². The van der Waals surface area contributed by atoms with E-state index in [-0.39, 0.29) is 6.04 Å². The highest BCUT2D eigenvalue weighted by molar-refractivity contribution is 5.37. The third kappa shape index (κ3) is 1.88. The molecule has 2 rings (SSSR count). The van der Waals surface area contributed by atoms with Gasteiger partial charge in [0, 0.05) is 13.1 Å². The molecular formula is C11H15N3O. The minimum absolute atomic E-state index is 0.149. The first-order valence-electron chi connectivity index (χ1n) is 4.97. The standard InChI is InChI=1S/C11H15N3O/c1-8-5-7-15-11(8)9(2)13-10-4-6-12-14(10)3/h4-7,9,13H,1-3H3. The fourth-order valence-corrected chi connectivity index (χ4v) is 1.63. The van der Waals surface area contributed by atoms with Gasteiger partial charge >= 0.3 is 0 Å². The molecule has 1 atom stereocenters. The number of rotatable bonds is 3. The van der Waals surface area contributed by atoms with Crippen molar-refractivity contribution in [3.63, 3.8) is 0 Å². The first-order valence-corrected chi connectivity index (χ1v) is 4.97. The Morgan fingerprint density at radius 1 is 1.47 bits per heavy atom. The Hall–Kier alpha value is -1.71. The molecule has 0 saturated heterocycles. The molecular weight excluding hydrogens is 190 g/mol. The van der Waals surface area contributed by atoms with Gasteiger partial charge < -0.3 is 9.73 Å². The molecule has 0 bridgehead atoms. The summed E-state index contributed by atoms with van der Waals surface area (Å²) in [7, 11) is 1.91. The highest BCUT2D eigenvalue weighted by Crippen LogP contribution is 2.22. The second kappa shape index (κ2) is 3.81. The molecule has 0 aliphatic carbocycles. The molecule has 2 aromatic rings. The first-order chi connectivity index (χ1) is 7.18. The molecule has 0 aliphatic rings. The molecule has 4 nitrogen and oxygen atoms in total. The monoisotopic (exact) mass is 205 g/mol. The Labute approximate surface area is 88.9 Å². The molecule has 0 spiro atoms. The molecule has 0 saturated carbocycles. The zero-order valence-corrected chi connectivity index (χ0v) is 9.19. The summed E-state index contributed by atoms with van der Waals surface area (Å²) in [4.78, 5) is 0. The smallest absolute Gasteiger partial charge is 0.128 e. The molecule has 80 valence electrons. The zero-order chi connectivity index (χ0) is 10.8. The minimum Gasteiger partial charge on any atom is -0.467 e. The number of aromatic nitrogens is 2. The van der Waals surface area contributed by atoms with Crippen LogP contribution in [0.25, 0.3) is 0 Å². The summed E-state index contributed by atoms with van der Waals surface area (Å²) in [5.41, 5.74) is 1.16. The maximum absolute atomic E-state index is 5.42. The van der Waals surface area contributed by atoms with Crippen LogP contribution in [0.15, 0.2) is 29.0 Å². The van der Waals surface area contributed by atoms with Gasteiger partial charge in [-0.3, -0.25) is 4.68 Å². The van der Waals surface area contributed by atoms with Gasteiger partial charge in [-0.25, -0.2) is 0 Å². The number of hydrogen-bond donors (Lipinski definition) is 1. The summed E-state index contributed by atoms with van der Waals surface area (Å²) in [5, 5.41) is 7.44. The summed E-state index contributed by atoms with van der Waals surface area (Å²) in [6, 6.07) is 4.06. The van der Waals surface area contributed by atoms with Gasteiger partial charge in [-0.05, 0) is 25.5 Å². The third-order valence-electron chi connectivity index (χ3n) is 2.48. The van der Waals surface area contributed by atoms with Crippen molar-refractivity contribution >= 4 is 5.82 Å². The third-order valence-corrected chi connectivity index (χ3v) is 2.48. The maximum atomic E-state index is 5.42. The van der Waals surface area contributed by atoms with Crippen LogP contribution in [0.2, 0.25) is 0 Å². The molecule has 0 radical (unpaired) electrons. The van der Waals surface area contributed by atoms with Crippen LogP contribution in [-0.2, 0) is 7.05 Å². The lowest BCUT2D eigenvalue weighted by Gasteiger charge is -2.13. The predicted molar refractivity (Wildman–Crippen MR) is 58.7 cm³/mol. The molecule has 1 unspecified atom stereocenters. The molecule has 0 aliphatic heterocycles. The van der Waals surface area contributed by atoms with Gasteiger partial charge in [-0.1, -0.05) is 0 Å². The van der Waals surface area contributed by atoms with E-state index >= 15 is 0 Å². The highest BCUT2D eigenvalue weighted by atomic mass is 16.3. The lowest BCUT2D eigenvalue weighted by Crippen LogP contribution is -2.10. The Morgan fingerprint density at radius 3 is 2.80 bits per heavy atom. The molecule has 1 N–H and O–H groups in total.